The monoisotopic (exact) mass is 310 g/mol. The molecule has 0 heterocycles. The number of nitrogens with zero attached hydrogens (tertiary/aromatic N) is 1. The molecule has 1 aromatic rings. The number of nitrogens with two attached hydrogens (primary N) is 1. The first-order valence-corrected chi connectivity index (χ1v) is 7.76. The van der Waals surface area contributed by atoms with E-state index in [2.05, 4.69) is 0 Å². The Morgan fingerprint density at radius 3 is 2.86 bits per heavy atom. The number of benzene rings is 1. The topological polar surface area (TPSA) is 55.6 Å². The quantitative estimate of drug-likeness (QED) is 0.821. The molecule has 21 heavy (non-hydrogen) atoms. The van der Waals surface area contributed by atoms with Crippen molar-refractivity contribution < 1.29 is 9.53 Å². The molecule has 0 saturated heterocycles. The van der Waals surface area contributed by atoms with Crippen LogP contribution in [0.4, 0.5) is 5.69 Å². The van der Waals surface area contributed by atoms with Gasteiger partial charge in [-0.1, -0.05) is 11.6 Å². The van der Waals surface area contributed by atoms with Crippen molar-refractivity contribution in [2.45, 2.75) is 38.8 Å². The fourth-order valence-electron chi connectivity index (χ4n) is 2.68. The van der Waals surface area contributed by atoms with Gasteiger partial charge in [-0.3, -0.25) is 4.79 Å². The van der Waals surface area contributed by atoms with Crippen molar-refractivity contribution >= 4 is 23.2 Å². The van der Waals surface area contributed by atoms with Crippen molar-refractivity contribution in [1.29, 1.82) is 0 Å². The Bertz CT molecular complexity index is 501. The number of carbonyl (C=O) groups excluding carboxylic acids is 1. The molecule has 1 aliphatic rings. The van der Waals surface area contributed by atoms with Gasteiger partial charge in [-0.25, -0.2) is 0 Å². The van der Waals surface area contributed by atoms with Gasteiger partial charge in [-0.15, -0.1) is 0 Å². The van der Waals surface area contributed by atoms with Gasteiger partial charge in [0.2, 0.25) is 5.91 Å². The summed E-state index contributed by atoms with van der Waals surface area (Å²) in [6.07, 6.45) is 2.92. The highest BCUT2D eigenvalue weighted by Crippen LogP contribution is 2.33. The molecule has 0 aromatic heterocycles. The molecule has 116 valence electrons. The molecule has 2 rings (SSSR count). The average Bonchev–Trinajstić information content (AvgIpc) is 2.40. The van der Waals surface area contributed by atoms with Gasteiger partial charge in [0.1, 0.15) is 0 Å². The SMILES string of the molecule is CCOC1CC(CC(=O)N(C)Cc2cc(N)ccc2Cl)C1. The Morgan fingerprint density at radius 1 is 1.48 bits per heavy atom. The smallest absolute Gasteiger partial charge is 0.222 e. The summed E-state index contributed by atoms with van der Waals surface area (Å²) in [6, 6.07) is 5.35. The Balaban J connectivity index is 1.82. The number of carbonyl (C=O) groups is 1. The standard InChI is InChI=1S/C16H23ClN2O2/c1-3-21-14-6-11(7-14)8-16(20)19(2)10-12-9-13(18)4-5-15(12)17/h4-5,9,11,14H,3,6-8,10,18H2,1-2H3. The van der Waals surface area contributed by atoms with Gasteiger partial charge < -0.3 is 15.4 Å². The summed E-state index contributed by atoms with van der Waals surface area (Å²) in [4.78, 5) is 13.9. The number of halogens is 1. The second-order valence-corrected chi connectivity index (χ2v) is 6.13. The Labute approximate surface area is 131 Å². The van der Waals surface area contributed by atoms with Crippen LogP contribution in [0.5, 0.6) is 0 Å². The van der Waals surface area contributed by atoms with E-state index in [-0.39, 0.29) is 5.91 Å². The summed E-state index contributed by atoms with van der Waals surface area (Å²) in [5, 5.41) is 0.643. The number of hydrogen-bond acceptors (Lipinski definition) is 3. The van der Waals surface area contributed by atoms with Crippen molar-refractivity contribution in [3.05, 3.63) is 28.8 Å². The van der Waals surface area contributed by atoms with Crippen LogP contribution in [0.2, 0.25) is 5.02 Å². The molecular formula is C16H23ClN2O2. The molecule has 0 spiro atoms. The van der Waals surface area contributed by atoms with E-state index in [4.69, 9.17) is 22.1 Å². The molecule has 0 unspecified atom stereocenters. The minimum absolute atomic E-state index is 0.147. The van der Waals surface area contributed by atoms with Gasteiger partial charge in [-0.05, 0) is 49.4 Å². The molecule has 5 heteroatoms. The van der Waals surface area contributed by atoms with E-state index in [0.29, 0.717) is 35.7 Å². The second-order valence-electron chi connectivity index (χ2n) is 5.72. The van der Waals surface area contributed by atoms with Gasteiger partial charge in [0.15, 0.2) is 0 Å². The lowest BCUT2D eigenvalue weighted by Gasteiger charge is -2.35. The summed E-state index contributed by atoms with van der Waals surface area (Å²) in [5.74, 6) is 0.598. The molecule has 0 aliphatic heterocycles. The van der Waals surface area contributed by atoms with E-state index in [9.17, 15) is 4.79 Å². The highest BCUT2D eigenvalue weighted by atomic mass is 35.5. The number of rotatable bonds is 6. The second kappa shape index (κ2) is 7.14. The third-order valence-electron chi connectivity index (χ3n) is 3.96. The van der Waals surface area contributed by atoms with E-state index < -0.39 is 0 Å². The van der Waals surface area contributed by atoms with Crippen LogP contribution in [0.15, 0.2) is 18.2 Å². The van der Waals surface area contributed by atoms with E-state index >= 15 is 0 Å². The number of anilines is 1. The zero-order chi connectivity index (χ0) is 15.4. The van der Waals surface area contributed by atoms with Crippen LogP contribution in [0.1, 0.15) is 31.7 Å². The predicted molar refractivity (Wildman–Crippen MR) is 85.1 cm³/mol. The van der Waals surface area contributed by atoms with Crippen LogP contribution in [-0.4, -0.2) is 30.6 Å². The predicted octanol–water partition coefficient (Wildman–Crippen LogP) is 3.09. The number of nitrogen functional groups attached to an aromatic ring is 1. The maximum absolute atomic E-state index is 12.2. The van der Waals surface area contributed by atoms with Crippen LogP contribution in [0.3, 0.4) is 0 Å². The average molecular weight is 311 g/mol. The molecule has 1 saturated carbocycles. The zero-order valence-electron chi connectivity index (χ0n) is 12.6. The summed E-state index contributed by atoms with van der Waals surface area (Å²) < 4.78 is 5.52. The van der Waals surface area contributed by atoms with Crippen LogP contribution in [0.25, 0.3) is 0 Å². The molecule has 1 aliphatic carbocycles. The van der Waals surface area contributed by atoms with Crippen LogP contribution in [0, 0.1) is 5.92 Å². The van der Waals surface area contributed by atoms with Gasteiger partial charge in [0, 0.05) is 37.3 Å². The van der Waals surface area contributed by atoms with E-state index in [0.717, 1.165) is 25.0 Å². The van der Waals surface area contributed by atoms with Crippen LogP contribution in [-0.2, 0) is 16.1 Å². The lowest BCUT2D eigenvalue weighted by atomic mass is 9.80. The Kier molecular flexibility index (Phi) is 5.48. The number of ether oxygens (including phenoxy) is 1. The van der Waals surface area contributed by atoms with Gasteiger partial charge in [0.05, 0.1) is 6.10 Å². The van der Waals surface area contributed by atoms with Gasteiger partial charge in [-0.2, -0.15) is 0 Å². The van der Waals surface area contributed by atoms with Crippen LogP contribution >= 0.6 is 11.6 Å². The normalized spacial score (nSPS) is 20.9. The highest BCUT2D eigenvalue weighted by Gasteiger charge is 2.31. The summed E-state index contributed by atoms with van der Waals surface area (Å²) >= 11 is 6.13. The summed E-state index contributed by atoms with van der Waals surface area (Å²) in [5.41, 5.74) is 7.30. The fraction of sp³-hybridized carbons (Fsp3) is 0.562. The highest BCUT2D eigenvalue weighted by molar-refractivity contribution is 6.31. The van der Waals surface area contributed by atoms with E-state index in [1.165, 1.54) is 0 Å². The third-order valence-corrected chi connectivity index (χ3v) is 4.33. The maximum Gasteiger partial charge on any atom is 0.222 e. The first-order chi connectivity index (χ1) is 9.99. The molecule has 2 N–H and O–H groups in total. The van der Waals surface area contributed by atoms with Crippen molar-refractivity contribution in [2.75, 3.05) is 19.4 Å². The molecule has 1 fully saturated rings. The minimum Gasteiger partial charge on any atom is -0.399 e. The third kappa shape index (κ3) is 4.35. The van der Waals surface area contributed by atoms with Crippen molar-refractivity contribution in [3.63, 3.8) is 0 Å². The largest absolute Gasteiger partial charge is 0.399 e. The first kappa shape index (κ1) is 16.1. The molecule has 4 nitrogen and oxygen atoms in total. The lowest BCUT2D eigenvalue weighted by molar-refractivity contribution is -0.133. The molecule has 0 bridgehead atoms. The Hall–Kier alpha value is -1.26. The molecule has 1 aromatic carbocycles. The molecule has 0 atom stereocenters. The van der Waals surface area contributed by atoms with E-state index in [1.54, 1.807) is 24.1 Å². The fourth-order valence-corrected chi connectivity index (χ4v) is 2.85. The van der Waals surface area contributed by atoms with Crippen molar-refractivity contribution in [1.82, 2.24) is 4.90 Å². The summed E-state index contributed by atoms with van der Waals surface area (Å²) in [7, 11) is 1.81. The van der Waals surface area contributed by atoms with E-state index in [1.807, 2.05) is 13.0 Å². The minimum atomic E-state index is 0.147. The van der Waals surface area contributed by atoms with Crippen molar-refractivity contribution in [3.8, 4) is 0 Å². The summed E-state index contributed by atoms with van der Waals surface area (Å²) in [6.45, 7) is 3.24. The number of amides is 1. The zero-order valence-corrected chi connectivity index (χ0v) is 13.4. The van der Waals surface area contributed by atoms with Crippen molar-refractivity contribution in [2.24, 2.45) is 5.92 Å². The molecule has 1 amide bonds. The Morgan fingerprint density at radius 2 is 2.19 bits per heavy atom. The lowest BCUT2D eigenvalue weighted by Crippen LogP contribution is -2.36. The number of hydrogen-bond donors (Lipinski definition) is 1. The first-order valence-electron chi connectivity index (χ1n) is 7.39. The van der Waals surface area contributed by atoms with Gasteiger partial charge >= 0.3 is 0 Å². The molecule has 0 radical (unpaired) electrons. The molecular weight excluding hydrogens is 288 g/mol. The maximum atomic E-state index is 12.2. The van der Waals surface area contributed by atoms with Gasteiger partial charge in [0.25, 0.3) is 0 Å². The van der Waals surface area contributed by atoms with Crippen LogP contribution < -0.4 is 5.73 Å².